The van der Waals surface area contributed by atoms with Crippen LogP contribution < -0.4 is 4.74 Å². The van der Waals surface area contributed by atoms with E-state index in [2.05, 4.69) is 18.7 Å². The standard InChI is InChI=1S/C18H29NO3/c1-3-5-11-19(12-6-4-2)13-17(21)15-22-18-9-7-16(14-20)8-10-18/h7-10,14,17,21H,3-6,11-13,15H2,1-2H3. The van der Waals surface area contributed by atoms with Gasteiger partial charge in [0.1, 0.15) is 24.7 Å². The maximum absolute atomic E-state index is 10.6. The number of aliphatic hydroxyl groups is 1. The zero-order chi connectivity index (χ0) is 16.2. The summed E-state index contributed by atoms with van der Waals surface area (Å²) in [6, 6.07) is 6.93. The van der Waals surface area contributed by atoms with Gasteiger partial charge < -0.3 is 14.7 Å². The lowest BCUT2D eigenvalue weighted by Crippen LogP contribution is -2.36. The number of aldehydes is 1. The van der Waals surface area contributed by atoms with Crippen molar-refractivity contribution in [2.75, 3.05) is 26.2 Å². The van der Waals surface area contributed by atoms with E-state index in [4.69, 9.17) is 4.74 Å². The number of carbonyl (C=O) groups is 1. The Morgan fingerprint density at radius 3 is 2.23 bits per heavy atom. The van der Waals surface area contributed by atoms with E-state index in [0.29, 0.717) is 17.9 Å². The summed E-state index contributed by atoms with van der Waals surface area (Å²) in [5.41, 5.74) is 0.623. The number of unbranched alkanes of at least 4 members (excludes halogenated alkanes) is 2. The molecular weight excluding hydrogens is 278 g/mol. The Balaban J connectivity index is 2.37. The fourth-order valence-corrected chi connectivity index (χ4v) is 2.24. The Labute approximate surface area is 134 Å². The van der Waals surface area contributed by atoms with Gasteiger partial charge in [0.05, 0.1) is 0 Å². The summed E-state index contributed by atoms with van der Waals surface area (Å²) in [6.07, 6.45) is 4.95. The van der Waals surface area contributed by atoms with Gasteiger partial charge in [-0.3, -0.25) is 4.79 Å². The van der Waals surface area contributed by atoms with Crippen LogP contribution in [0.15, 0.2) is 24.3 Å². The lowest BCUT2D eigenvalue weighted by atomic mass is 10.2. The summed E-state index contributed by atoms with van der Waals surface area (Å²) < 4.78 is 5.58. The van der Waals surface area contributed by atoms with Crippen LogP contribution in [-0.4, -0.2) is 48.6 Å². The number of carbonyl (C=O) groups excluding carboxylic acids is 1. The maximum Gasteiger partial charge on any atom is 0.150 e. The first-order valence-corrected chi connectivity index (χ1v) is 8.28. The lowest BCUT2D eigenvalue weighted by molar-refractivity contribution is 0.0671. The molecule has 1 rings (SSSR count). The largest absolute Gasteiger partial charge is 0.491 e. The molecular formula is C18H29NO3. The average molecular weight is 307 g/mol. The zero-order valence-corrected chi connectivity index (χ0v) is 13.8. The number of hydrogen-bond acceptors (Lipinski definition) is 4. The molecule has 0 aliphatic carbocycles. The molecule has 0 bridgehead atoms. The Bertz CT molecular complexity index is 397. The first kappa shape index (κ1) is 18.7. The summed E-state index contributed by atoms with van der Waals surface area (Å²) in [4.78, 5) is 12.9. The molecule has 1 aromatic rings. The van der Waals surface area contributed by atoms with Gasteiger partial charge in [-0.2, -0.15) is 0 Å². The van der Waals surface area contributed by atoms with Crippen molar-refractivity contribution in [3.8, 4) is 5.75 Å². The SMILES string of the molecule is CCCCN(CCCC)CC(O)COc1ccc(C=O)cc1. The molecule has 0 fully saturated rings. The third kappa shape index (κ3) is 7.57. The Morgan fingerprint density at radius 1 is 1.14 bits per heavy atom. The average Bonchev–Trinajstić information content (AvgIpc) is 2.55. The van der Waals surface area contributed by atoms with Crippen molar-refractivity contribution in [3.63, 3.8) is 0 Å². The molecule has 1 unspecified atom stereocenters. The molecule has 4 heteroatoms. The van der Waals surface area contributed by atoms with Gasteiger partial charge in [0.25, 0.3) is 0 Å². The highest BCUT2D eigenvalue weighted by Crippen LogP contribution is 2.11. The van der Waals surface area contributed by atoms with E-state index in [9.17, 15) is 9.90 Å². The van der Waals surface area contributed by atoms with Crippen LogP contribution in [0.3, 0.4) is 0 Å². The monoisotopic (exact) mass is 307 g/mol. The third-order valence-corrected chi connectivity index (χ3v) is 3.58. The van der Waals surface area contributed by atoms with Crippen LogP contribution in [-0.2, 0) is 0 Å². The Kier molecular flexibility index (Phi) is 9.51. The van der Waals surface area contributed by atoms with Crippen LogP contribution in [0.25, 0.3) is 0 Å². The smallest absolute Gasteiger partial charge is 0.150 e. The van der Waals surface area contributed by atoms with Crippen molar-refractivity contribution in [1.29, 1.82) is 0 Å². The van der Waals surface area contributed by atoms with Crippen molar-refractivity contribution >= 4 is 6.29 Å². The minimum atomic E-state index is -0.501. The second-order valence-electron chi connectivity index (χ2n) is 5.66. The number of rotatable bonds is 12. The van der Waals surface area contributed by atoms with Crippen LogP contribution >= 0.6 is 0 Å². The predicted molar refractivity (Wildman–Crippen MR) is 89.6 cm³/mol. The summed E-state index contributed by atoms with van der Waals surface area (Å²) >= 11 is 0. The van der Waals surface area contributed by atoms with Crippen molar-refractivity contribution in [2.24, 2.45) is 0 Å². The Morgan fingerprint density at radius 2 is 1.73 bits per heavy atom. The molecule has 4 nitrogen and oxygen atoms in total. The molecule has 0 saturated carbocycles. The van der Waals surface area contributed by atoms with Gasteiger partial charge in [0, 0.05) is 12.1 Å². The van der Waals surface area contributed by atoms with Crippen molar-refractivity contribution in [3.05, 3.63) is 29.8 Å². The molecule has 0 aromatic heterocycles. The molecule has 1 atom stereocenters. The first-order valence-electron chi connectivity index (χ1n) is 8.28. The molecule has 0 amide bonds. The van der Waals surface area contributed by atoms with Crippen molar-refractivity contribution in [2.45, 2.75) is 45.6 Å². The summed E-state index contributed by atoms with van der Waals surface area (Å²) in [5.74, 6) is 0.679. The normalized spacial score (nSPS) is 12.4. The van der Waals surface area contributed by atoms with Crippen molar-refractivity contribution < 1.29 is 14.6 Å². The zero-order valence-electron chi connectivity index (χ0n) is 13.8. The van der Waals surface area contributed by atoms with Crippen LogP contribution in [0, 0.1) is 0 Å². The van der Waals surface area contributed by atoms with Gasteiger partial charge in [-0.15, -0.1) is 0 Å². The molecule has 22 heavy (non-hydrogen) atoms. The van der Waals surface area contributed by atoms with Crippen LogP contribution in [0.5, 0.6) is 5.75 Å². The number of ether oxygens (including phenoxy) is 1. The minimum Gasteiger partial charge on any atom is -0.491 e. The van der Waals surface area contributed by atoms with Gasteiger partial charge in [-0.05, 0) is 50.2 Å². The molecule has 0 saturated heterocycles. The fourth-order valence-electron chi connectivity index (χ4n) is 2.24. The van der Waals surface area contributed by atoms with Gasteiger partial charge in [0.15, 0.2) is 0 Å². The second kappa shape index (κ2) is 11.2. The topological polar surface area (TPSA) is 49.8 Å². The van der Waals surface area contributed by atoms with Crippen molar-refractivity contribution in [1.82, 2.24) is 4.90 Å². The first-order chi connectivity index (χ1) is 10.7. The quantitative estimate of drug-likeness (QED) is 0.603. The number of aliphatic hydroxyl groups excluding tert-OH is 1. The predicted octanol–water partition coefficient (Wildman–Crippen LogP) is 3.14. The Hall–Kier alpha value is -1.39. The summed E-state index contributed by atoms with van der Waals surface area (Å²) in [5, 5.41) is 10.2. The summed E-state index contributed by atoms with van der Waals surface area (Å²) in [6.45, 7) is 7.34. The van der Waals surface area contributed by atoms with E-state index >= 15 is 0 Å². The van der Waals surface area contributed by atoms with Crippen LogP contribution in [0.2, 0.25) is 0 Å². The second-order valence-corrected chi connectivity index (χ2v) is 5.66. The molecule has 1 N–H and O–H groups in total. The van der Waals surface area contributed by atoms with Crippen LogP contribution in [0.4, 0.5) is 0 Å². The molecule has 0 radical (unpaired) electrons. The number of benzene rings is 1. The van der Waals surface area contributed by atoms with E-state index in [-0.39, 0.29) is 6.61 Å². The summed E-state index contributed by atoms with van der Waals surface area (Å²) in [7, 11) is 0. The van der Waals surface area contributed by atoms with Gasteiger partial charge in [0.2, 0.25) is 0 Å². The molecule has 1 aromatic carbocycles. The molecule has 0 heterocycles. The van der Waals surface area contributed by atoms with E-state index in [1.165, 1.54) is 0 Å². The highest BCUT2D eigenvalue weighted by atomic mass is 16.5. The van der Waals surface area contributed by atoms with Gasteiger partial charge in [-0.25, -0.2) is 0 Å². The lowest BCUT2D eigenvalue weighted by Gasteiger charge is -2.25. The highest BCUT2D eigenvalue weighted by molar-refractivity contribution is 5.74. The van der Waals surface area contributed by atoms with E-state index in [0.717, 1.165) is 45.1 Å². The highest BCUT2D eigenvalue weighted by Gasteiger charge is 2.12. The van der Waals surface area contributed by atoms with E-state index < -0.39 is 6.10 Å². The molecule has 0 aliphatic heterocycles. The molecule has 0 spiro atoms. The molecule has 124 valence electrons. The third-order valence-electron chi connectivity index (χ3n) is 3.58. The maximum atomic E-state index is 10.6. The van der Waals surface area contributed by atoms with E-state index in [1.54, 1.807) is 24.3 Å². The van der Waals surface area contributed by atoms with Gasteiger partial charge >= 0.3 is 0 Å². The number of hydrogen-bond donors (Lipinski definition) is 1. The number of nitrogens with zero attached hydrogens (tertiary/aromatic N) is 1. The molecule has 0 aliphatic rings. The van der Waals surface area contributed by atoms with E-state index in [1.807, 2.05) is 0 Å². The van der Waals surface area contributed by atoms with Crippen LogP contribution in [0.1, 0.15) is 49.9 Å². The van der Waals surface area contributed by atoms with Gasteiger partial charge in [-0.1, -0.05) is 26.7 Å². The minimum absolute atomic E-state index is 0.273. The fraction of sp³-hybridized carbons (Fsp3) is 0.611.